The summed E-state index contributed by atoms with van der Waals surface area (Å²) in [7, 11) is 0. The third-order valence-electron chi connectivity index (χ3n) is 7.34. The Bertz CT molecular complexity index is 1560. The third kappa shape index (κ3) is 4.99. The summed E-state index contributed by atoms with van der Waals surface area (Å²) in [6.45, 7) is 0. The molecule has 0 saturated heterocycles. The summed E-state index contributed by atoms with van der Waals surface area (Å²) in [6, 6.07) is 28.2. The highest BCUT2D eigenvalue weighted by molar-refractivity contribution is 5.93. The van der Waals surface area contributed by atoms with Crippen LogP contribution in [0.4, 0.5) is 0 Å². The highest BCUT2D eigenvalue weighted by atomic mass is 14.7. The van der Waals surface area contributed by atoms with E-state index < -0.39 is 0 Å². The van der Waals surface area contributed by atoms with Crippen molar-refractivity contribution in [1.82, 2.24) is 9.97 Å². The maximum Gasteiger partial charge on any atom is 0.0715 e. The smallest absolute Gasteiger partial charge is 0.0715 e. The van der Waals surface area contributed by atoms with Crippen molar-refractivity contribution in [2.45, 2.75) is 38.0 Å². The molecule has 0 aliphatic heterocycles. The van der Waals surface area contributed by atoms with Gasteiger partial charge in [0, 0.05) is 17.8 Å². The fourth-order valence-electron chi connectivity index (χ4n) is 5.36. The van der Waals surface area contributed by atoms with Crippen LogP contribution < -0.4 is 0 Å². The summed E-state index contributed by atoms with van der Waals surface area (Å²) in [6.07, 6.45) is 19.0. The maximum atomic E-state index is 5.02. The van der Waals surface area contributed by atoms with E-state index in [1.165, 1.54) is 65.0 Å². The number of rotatable bonds is 5. The van der Waals surface area contributed by atoms with Crippen molar-refractivity contribution < 1.29 is 0 Å². The Labute approximate surface area is 213 Å². The van der Waals surface area contributed by atoms with Crippen molar-refractivity contribution in [2.24, 2.45) is 0 Å². The lowest BCUT2D eigenvalue weighted by Crippen LogP contribution is -2.04. The van der Waals surface area contributed by atoms with Crippen LogP contribution in [0.25, 0.3) is 46.0 Å². The van der Waals surface area contributed by atoms with Gasteiger partial charge in [-0.25, -0.2) is 4.98 Å². The van der Waals surface area contributed by atoms with Gasteiger partial charge in [-0.05, 0) is 94.3 Å². The molecule has 0 bridgehead atoms. The van der Waals surface area contributed by atoms with E-state index in [0.717, 1.165) is 16.8 Å². The first-order chi connectivity index (χ1) is 17.8. The van der Waals surface area contributed by atoms with E-state index in [-0.39, 0.29) is 0 Å². The highest BCUT2D eigenvalue weighted by Crippen LogP contribution is 2.35. The highest BCUT2D eigenvalue weighted by Gasteiger charge is 2.16. The summed E-state index contributed by atoms with van der Waals surface area (Å²) in [5, 5.41) is 3.74. The molecule has 0 atom stereocenters. The van der Waals surface area contributed by atoms with Gasteiger partial charge in [0.25, 0.3) is 0 Å². The summed E-state index contributed by atoms with van der Waals surface area (Å²) in [5.74, 6) is 0.674. The van der Waals surface area contributed by atoms with E-state index in [1.54, 1.807) is 0 Å². The summed E-state index contributed by atoms with van der Waals surface area (Å²) < 4.78 is 0. The zero-order valence-electron chi connectivity index (χ0n) is 20.5. The van der Waals surface area contributed by atoms with Crippen molar-refractivity contribution in [1.29, 1.82) is 0 Å². The lowest BCUT2D eigenvalue weighted by molar-refractivity contribution is 0.444. The first kappa shape index (κ1) is 22.4. The molecule has 1 aliphatic rings. The van der Waals surface area contributed by atoms with E-state index in [9.17, 15) is 0 Å². The normalized spacial score (nSPS) is 14.9. The van der Waals surface area contributed by atoms with Gasteiger partial charge in [0.1, 0.15) is 0 Å². The predicted molar refractivity (Wildman–Crippen MR) is 154 cm³/mol. The van der Waals surface area contributed by atoms with Gasteiger partial charge in [-0.15, -0.1) is 0 Å². The van der Waals surface area contributed by atoms with Gasteiger partial charge in [-0.1, -0.05) is 80.0 Å². The average molecular weight is 467 g/mol. The molecule has 36 heavy (non-hydrogen) atoms. The van der Waals surface area contributed by atoms with Crippen molar-refractivity contribution in [3.8, 4) is 0 Å². The molecule has 0 unspecified atom stereocenters. The predicted octanol–water partition coefficient (Wildman–Crippen LogP) is 9.17. The summed E-state index contributed by atoms with van der Waals surface area (Å²) in [4.78, 5) is 9.17. The molecule has 0 amide bonds. The van der Waals surface area contributed by atoms with Crippen LogP contribution in [-0.2, 0) is 0 Å². The molecule has 5 aromatic rings. The number of hydrogen-bond donors (Lipinski definition) is 0. The van der Waals surface area contributed by atoms with E-state index >= 15 is 0 Å². The van der Waals surface area contributed by atoms with Crippen molar-refractivity contribution in [3.63, 3.8) is 0 Å². The SMILES string of the molecule is C(=C\c1cc(/C=C/c2ccc3ccccc3c2)nc2ccc(C3CCCCC3)cc12)/c1ccncc1. The second-order valence-corrected chi connectivity index (χ2v) is 9.80. The molecule has 1 aliphatic carbocycles. The van der Waals surface area contributed by atoms with Gasteiger partial charge in [-0.3, -0.25) is 4.98 Å². The van der Waals surface area contributed by atoms with Gasteiger partial charge < -0.3 is 0 Å². The zero-order valence-corrected chi connectivity index (χ0v) is 20.5. The van der Waals surface area contributed by atoms with Crippen molar-refractivity contribution in [3.05, 3.63) is 119 Å². The van der Waals surface area contributed by atoms with E-state index in [1.807, 2.05) is 24.5 Å². The monoisotopic (exact) mass is 466 g/mol. The van der Waals surface area contributed by atoms with Gasteiger partial charge in [0.15, 0.2) is 0 Å². The number of benzene rings is 3. The lowest BCUT2D eigenvalue weighted by Gasteiger charge is -2.22. The van der Waals surface area contributed by atoms with Crippen LogP contribution in [0.15, 0.2) is 91.3 Å². The van der Waals surface area contributed by atoms with Crippen LogP contribution in [0.5, 0.6) is 0 Å². The first-order valence-corrected chi connectivity index (χ1v) is 13.0. The van der Waals surface area contributed by atoms with Crippen LogP contribution in [0, 0.1) is 0 Å². The molecule has 6 rings (SSSR count). The molecule has 0 N–H and O–H groups in total. The minimum absolute atomic E-state index is 0.674. The minimum atomic E-state index is 0.674. The number of nitrogens with zero attached hydrogens (tertiary/aromatic N) is 2. The molecule has 1 saturated carbocycles. The second kappa shape index (κ2) is 10.3. The van der Waals surface area contributed by atoms with Crippen LogP contribution >= 0.6 is 0 Å². The zero-order chi connectivity index (χ0) is 24.2. The molecule has 2 aromatic heterocycles. The molecular formula is C34H30N2. The molecule has 3 aromatic carbocycles. The van der Waals surface area contributed by atoms with Gasteiger partial charge in [-0.2, -0.15) is 0 Å². The molecule has 2 heteroatoms. The van der Waals surface area contributed by atoms with Crippen LogP contribution in [0.1, 0.15) is 66.0 Å². The minimum Gasteiger partial charge on any atom is -0.265 e. The van der Waals surface area contributed by atoms with E-state index in [2.05, 4.69) is 96.0 Å². The van der Waals surface area contributed by atoms with Crippen molar-refractivity contribution >= 4 is 46.0 Å². The molecule has 0 spiro atoms. The third-order valence-corrected chi connectivity index (χ3v) is 7.34. The topological polar surface area (TPSA) is 25.8 Å². The summed E-state index contributed by atoms with van der Waals surface area (Å²) >= 11 is 0. The van der Waals surface area contributed by atoms with Gasteiger partial charge in [0.2, 0.25) is 0 Å². The molecule has 176 valence electrons. The van der Waals surface area contributed by atoms with Crippen LogP contribution in [0.3, 0.4) is 0 Å². The van der Waals surface area contributed by atoms with Gasteiger partial charge >= 0.3 is 0 Å². The number of fused-ring (bicyclic) bond motifs is 2. The lowest BCUT2D eigenvalue weighted by atomic mass is 9.83. The van der Waals surface area contributed by atoms with Crippen LogP contribution in [-0.4, -0.2) is 9.97 Å². The fourth-order valence-corrected chi connectivity index (χ4v) is 5.36. The average Bonchev–Trinajstić information content (AvgIpc) is 2.95. The maximum absolute atomic E-state index is 5.02. The molecule has 2 heterocycles. The Balaban J connectivity index is 1.39. The first-order valence-electron chi connectivity index (χ1n) is 13.0. The van der Waals surface area contributed by atoms with Crippen LogP contribution in [0.2, 0.25) is 0 Å². The van der Waals surface area contributed by atoms with Crippen molar-refractivity contribution in [2.75, 3.05) is 0 Å². The van der Waals surface area contributed by atoms with Gasteiger partial charge in [0.05, 0.1) is 11.2 Å². The standard InChI is InChI=1S/C34H30N2/c1-2-6-27(7-3-1)30-15-17-34-33(24-30)31(14-10-25-18-20-35-21-19-25)23-32(36-34)16-12-26-11-13-28-8-4-5-9-29(28)22-26/h4-5,8-24,27H,1-3,6-7H2/b14-10+,16-12+. The van der Waals surface area contributed by atoms with E-state index in [4.69, 9.17) is 4.98 Å². The van der Waals surface area contributed by atoms with E-state index in [0.29, 0.717) is 5.92 Å². The number of aromatic nitrogens is 2. The Morgan fingerprint density at radius 3 is 2.31 bits per heavy atom. The second-order valence-electron chi connectivity index (χ2n) is 9.80. The Morgan fingerprint density at radius 1 is 0.639 bits per heavy atom. The molecule has 1 fully saturated rings. The molecule has 2 nitrogen and oxygen atoms in total. The quantitative estimate of drug-likeness (QED) is 0.258. The number of hydrogen-bond acceptors (Lipinski definition) is 2. The Kier molecular flexibility index (Phi) is 6.41. The molecule has 0 radical (unpaired) electrons. The summed E-state index contributed by atoms with van der Waals surface area (Å²) in [5.41, 5.74) is 7.00. The fraction of sp³-hybridized carbons (Fsp3) is 0.176. The number of pyridine rings is 2. The largest absolute Gasteiger partial charge is 0.265 e. The Morgan fingerprint density at radius 2 is 1.44 bits per heavy atom. The Hall–Kier alpha value is -4.04. The molecular weight excluding hydrogens is 436 g/mol.